The van der Waals surface area contributed by atoms with E-state index in [1.165, 1.54) is 4.90 Å². The van der Waals surface area contributed by atoms with E-state index in [2.05, 4.69) is 5.92 Å². The molecule has 0 spiro atoms. The Hall–Kier alpha value is -2.23. The van der Waals surface area contributed by atoms with Crippen LogP contribution in [0.1, 0.15) is 25.7 Å². The molecule has 110 valence electrons. The summed E-state index contributed by atoms with van der Waals surface area (Å²) in [7, 11) is 0. The lowest BCUT2D eigenvalue weighted by Gasteiger charge is -2.32. The highest BCUT2D eigenvalue weighted by atomic mass is 16.4. The van der Waals surface area contributed by atoms with E-state index in [0.717, 1.165) is 30.6 Å². The second kappa shape index (κ2) is 7.38. The minimum atomic E-state index is -1.15. The summed E-state index contributed by atoms with van der Waals surface area (Å²) in [6.07, 6.45) is 8.67. The minimum Gasteiger partial charge on any atom is -0.480 e. The van der Waals surface area contributed by atoms with Gasteiger partial charge in [0.2, 0.25) is 5.91 Å². The van der Waals surface area contributed by atoms with Crippen molar-refractivity contribution in [3.63, 3.8) is 0 Å². The number of nitrogens with two attached hydrogens (primary N) is 1. The van der Waals surface area contributed by atoms with Gasteiger partial charge >= 0.3 is 12.0 Å². The van der Waals surface area contributed by atoms with Crippen molar-refractivity contribution in [1.82, 2.24) is 9.80 Å². The summed E-state index contributed by atoms with van der Waals surface area (Å²) in [6, 6.07) is -0.625. The number of primary amides is 1. The van der Waals surface area contributed by atoms with Crippen LogP contribution in [0, 0.1) is 12.3 Å². The lowest BCUT2D eigenvalue weighted by molar-refractivity contribution is -0.137. The van der Waals surface area contributed by atoms with Crippen molar-refractivity contribution in [3.8, 4) is 12.3 Å². The molecule has 0 aromatic carbocycles. The van der Waals surface area contributed by atoms with Gasteiger partial charge in [-0.25, -0.2) is 4.79 Å². The summed E-state index contributed by atoms with van der Waals surface area (Å²) in [5.41, 5.74) is 5.17. The first-order valence-electron chi connectivity index (χ1n) is 6.44. The summed E-state index contributed by atoms with van der Waals surface area (Å²) < 4.78 is 0. The number of hydrogen-bond acceptors (Lipinski definition) is 3. The molecule has 3 amide bonds. The quantitative estimate of drug-likeness (QED) is 0.661. The Morgan fingerprint density at radius 3 is 2.30 bits per heavy atom. The average Bonchev–Trinajstić information content (AvgIpc) is 2.87. The number of amides is 3. The molecule has 7 heteroatoms. The van der Waals surface area contributed by atoms with Crippen LogP contribution in [0.5, 0.6) is 0 Å². The molecule has 1 saturated carbocycles. The maximum atomic E-state index is 12.4. The normalized spacial score (nSPS) is 14.6. The van der Waals surface area contributed by atoms with E-state index in [0.29, 0.717) is 0 Å². The number of aliphatic carboxylic acids is 1. The van der Waals surface area contributed by atoms with Gasteiger partial charge < -0.3 is 20.6 Å². The summed E-state index contributed by atoms with van der Waals surface area (Å²) in [5.74, 6) is 0.474. The smallest absolute Gasteiger partial charge is 0.323 e. The Balaban J connectivity index is 2.85. The predicted octanol–water partition coefficient (Wildman–Crippen LogP) is -0.144. The Labute approximate surface area is 117 Å². The van der Waals surface area contributed by atoms with Crippen LogP contribution in [0.4, 0.5) is 4.79 Å². The first-order valence-corrected chi connectivity index (χ1v) is 6.44. The van der Waals surface area contributed by atoms with E-state index in [9.17, 15) is 14.4 Å². The van der Waals surface area contributed by atoms with Crippen molar-refractivity contribution >= 4 is 17.9 Å². The summed E-state index contributed by atoms with van der Waals surface area (Å²) in [4.78, 5) is 36.7. The number of terminal acetylenes is 1. The lowest BCUT2D eigenvalue weighted by atomic mass is 10.2. The number of carboxylic acids is 1. The zero-order valence-electron chi connectivity index (χ0n) is 11.2. The van der Waals surface area contributed by atoms with E-state index >= 15 is 0 Å². The van der Waals surface area contributed by atoms with Crippen LogP contribution in [-0.2, 0) is 9.59 Å². The zero-order valence-corrected chi connectivity index (χ0v) is 11.2. The molecular weight excluding hydrogens is 262 g/mol. The lowest BCUT2D eigenvalue weighted by Crippen LogP contribution is -2.51. The zero-order chi connectivity index (χ0) is 15.1. The fourth-order valence-electron chi connectivity index (χ4n) is 2.38. The highest BCUT2D eigenvalue weighted by molar-refractivity contribution is 5.85. The Morgan fingerprint density at radius 2 is 1.85 bits per heavy atom. The van der Waals surface area contributed by atoms with E-state index in [4.69, 9.17) is 17.3 Å². The van der Waals surface area contributed by atoms with E-state index in [1.54, 1.807) is 0 Å². The van der Waals surface area contributed by atoms with Crippen molar-refractivity contribution in [1.29, 1.82) is 0 Å². The topological polar surface area (TPSA) is 104 Å². The predicted molar refractivity (Wildman–Crippen MR) is 71.6 cm³/mol. The van der Waals surface area contributed by atoms with Gasteiger partial charge in [0.15, 0.2) is 0 Å². The van der Waals surface area contributed by atoms with Crippen LogP contribution in [-0.4, -0.2) is 58.5 Å². The van der Waals surface area contributed by atoms with Crippen molar-refractivity contribution in [2.24, 2.45) is 5.73 Å². The molecule has 0 radical (unpaired) electrons. The van der Waals surface area contributed by atoms with Crippen molar-refractivity contribution < 1.29 is 19.5 Å². The van der Waals surface area contributed by atoms with Gasteiger partial charge in [-0.1, -0.05) is 18.8 Å². The molecule has 0 atom stereocenters. The molecule has 1 rings (SSSR count). The molecule has 0 saturated heterocycles. The van der Waals surface area contributed by atoms with Gasteiger partial charge in [0.25, 0.3) is 0 Å². The third kappa shape index (κ3) is 4.46. The fourth-order valence-corrected chi connectivity index (χ4v) is 2.38. The molecule has 20 heavy (non-hydrogen) atoms. The highest BCUT2D eigenvalue weighted by Gasteiger charge is 2.31. The summed E-state index contributed by atoms with van der Waals surface area (Å²) >= 11 is 0. The molecule has 3 N–H and O–H groups in total. The first-order chi connectivity index (χ1) is 9.45. The first kappa shape index (κ1) is 15.8. The maximum absolute atomic E-state index is 12.4. The van der Waals surface area contributed by atoms with Gasteiger partial charge in [0, 0.05) is 6.04 Å². The number of hydrogen-bond donors (Lipinski definition) is 2. The van der Waals surface area contributed by atoms with Gasteiger partial charge in [-0.3, -0.25) is 9.59 Å². The van der Waals surface area contributed by atoms with Crippen LogP contribution >= 0.6 is 0 Å². The fraction of sp³-hybridized carbons (Fsp3) is 0.615. The molecule has 0 aromatic rings. The van der Waals surface area contributed by atoms with Gasteiger partial charge in [0.1, 0.15) is 13.1 Å². The molecule has 7 nitrogen and oxygen atoms in total. The number of carboxylic acid groups (broad SMARTS) is 1. The summed E-state index contributed by atoms with van der Waals surface area (Å²) in [5, 5.41) is 8.82. The van der Waals surface area contributed by atoms with Crippen molar-refractivity contribution in [2.45, 2.75) is 31.7 Å². The molecule has 0 aliphatic heterocycles. The molecule has 0 unspecified atom stereocenters. The van der Waals surface area contributed by atoms with Crippen molar-refractivity contribution in [3.05, 3.63) is 0 Å². The number of urea groups is 1. The standard InChI is InChI=1S/C13H19N3O4/c1-2-7-15(9-12(18)19)13(20)16(8-11(14)17)10-5-3-4-6-10/h1,10H,3-9H2,(H2,14,17)(H,18,19). The van der Waals surface area contributed by atoms with Crippen LogP contribution in [0.2, 0.25) is 0 Å². The van der Waals surface area contributed by atoms with Crippen LogP contribution in [0.3, 0.4) is 0 Å². The molecule has 0 heterocycles. The number of nitrogens with zero attached hydrogens (tertiary/aromatic N) is 2. The molecule has 0 bridgehead atoms. The van der Waals surface area contributed by atoms with Gasteiger partial charge in [-0.15, -0.1) is 6.42 Å². The Bertz CT molecular complexity index is 424. The van der Waals surface area contributed by atoms with Crippen LogP contribution in [0.25, 0.3) is 0 Å². The molecular formula is C13H19N3O4. The summed E-state index contributed by atoms with van der Waals surface area (Å²) in [6.45, 7) is -0.831. The third-order valence-electron chi connectivity index (χ3n) is 3.22. The second-order valence-electron chi connectivity index (χ2n) is 4.77. The van der Waals surface area contributed by atoms with Crippen LogP contribution < -0.4 is 5.73 Å². The van der Waals surface area contributed by atoms with Crippen molar-refractivity contribution in [2.75, 3.05) is 19.6 Å². The van der Waals surface area contributed by atoms with Crippen LogP contribution in [0.15, 0.2) is 0 Å². The minimum absolute atomic E-state index is 0.0796. The van der Waals surface area contributed by atoms with E-state index in [-0.39, 0.29) is 19.1 Å². The Kier molecular flexibility index (Phi) is 5.84. The monoisotopic (exact) mass is 281 g/mol. The van der Waals surface area contributed by atoms with Gasteiger partial charge in [-0.2, -0.15) is 0 Å². The number of carbonyl (C=O) groups excluding carboxylic acids is 2. The van der Waals surface area contributed by atoms with E-state index < -0.39 is 24.5 Å². The second-order valence-corrected chi connectivity index (χ2v) is 4.77. The molecule has 1 aliphatic carbocycles. The SMILES string of the molecule is C#CCN(CC(=O)O)C(=O)N(CC(N)=O)C1CCCC1. The third-order valence-corrected chi connectivity index (χ3v) is 3.22. The number of rotatable bonds is 6. The Morgan fingerprint density at radius 1 is 1.25 bits per heavy atom. The highest BCUT2D eigenvalue weighted by Crippen LogP contribution is 2.24. The largest absolute Gasteiger partial charge is 0.480 e. The molecule has 1 fully saturated rings. The average molecular weight is 281 g/mol. The molecule has 1 aliphatic rings. The van der Waals surface area contributed by atoms with E-state index in [1.807, 2.05) is 0 Å². The van der Waals surface area contributed by atoms with Gasteiger partial charge in [0.05, 0.1) is 6.54 Å². The molecule has 0 aromatic heterocycles. The number of carbonyl (C=O) groups is 3. The maximum Gasteiger partial charge on any atom is 0.323 e. The van der Waals surface area contributed by atoms with Gasteiger partial charge in [-0.05, 0) is 12.8 Å².